The first-order valence-corrected chi connectivity index (χ1v) is 11.4. The van der Waals surface area contributed by atoms with Crippen LogP contribution in [0.15, 0.2) is 60.0 Å². The minimum Gasteiger partial charge on any atom is -0.495 e. The van der Waals surface area contributed by atoms with Gasteiger partial charge in [-0.2, -0.15) is 0 Å². The summed E-state index contributed by atoms with van der Waals surface area (Å²) >= 11 is 1.34. The van der Waals surface area contributed by atoms with Gasteiger partial charge in [0.15, 0.2) is 5.13 Å². The van der Waals surface area contributed by atoms with Crippen molar-refractivity contribution in [3.05, 3.63) is 71.2 Å². The van der Waals surface area contributed by atoms with Crippen LogP contribution in [0.4, 0.5) is 10.8 Å². The Hall–Kier alpha value is -3.39. The van der Waals surface area contributed by atoms with Crippen LogP contribution in [-0.4, -0.2) is 55.0 Å². The zero-order valence-corrected chi connectivity index (χ0v) is 18.8. The van der Waals surface area contributed by atoms with Crippen molar-refractivity contribution in [1.82, 2.24) is 9.88 Å². The molecule has 0 atom stereocenters. The molecule has 1 N–H and O–H groups in total. The number of hydrogen-bond acceptors (Lipinski definition) is 6. The van der Waals surface area contributed by atoms with Gasteiger partial charge in [0.2, 0.25) is 11.8 Å². The van der Waals surface area contributed by atoms with Crippen molar-refractivity contribution in [3.8, 4) is 5.75 Å². The van der Waals surface area contributed by atoms with E-state index < -0.39 is 0 Å². The molecule has 4 rings (SSSR count). The summed E-state index contributed by atoms with van der Waals surface area (Å²) in [6, 6.07) is 17.5. The SMILES string of the molecule is COc1ccccc1N1CCN(C(=O)Cc2csc(NC(=O)Cc3ccccc3)n2)CC1. The summed E-state index contributed by atoms with van der Waals surface area (Å²) in [5.41, 5.74) is 2.68. The lowest BCUT2D eigenvalue weighted by Gasteiger charge is -2.36. The van der Waals surface area contributed by atoms with E-state index in [1.54, 1.807) is 7.11 Å². The van der Waals surface area contributed by atoms with Gasteiger partial charge in [-0.3, -0.25) is 9.59 Å². The molecule has 8 heteroatoms. The fourth-order valence-corrected chi connectivity index (χ4v) is 4.47. The molecule has 32 heavy (non-hydrogen) atoms. The summed E-state index contributed by atoms with van der Waals surface area (Å²) in [4.78, 5) is 33.5. The molecule has 3 aromatic rings. The summed E-state index contributed by atoms with van der Waals surface area (Å²) in [6.07, 6.45) is 0.533. The number of nitrogens with zero attached hydrogens (tertiary/aromatic N) is 3. The number of methoxy groups -OCH3 is 1. The van der Waals surface area contributed by atoms with E-state index in [9.17, 15) is 9.59 Å². The number of amides is 2. The van der Waals surface area contributed by atoms with Gasteiger partial charge in [-0.25, -0.2) is 4.98 Å². The number of anilines is 2. The number of benzene rings is 2. The molecule has 1 aliphatic rings. The van der Waals surface area contributed by atoms with Gasteiger partial charge < -0.3 is 19.9 Å². The highest BCUT2D eigenvalue weighted by Crippen LogP contribution is 2.28. The number of carbonyl (C=O) groups excluding carboxylic acids is 2. The first kappa shape index (κ1) is 21.8. The molecule has 166 valence electrons. The van der Waals surface area contributed by atoms with Gasteiger partial charge in [0.05, 0.1) is 31.3 Å². The van der Waals surface area contributed by atoms with Crippen LogP contribution in [0.2, 0.25) is 0 Å². The van der Waals surface area contributed by atoms with E-state index in [1.807, 2.05) is 64.9 Å². The summed E-state index contributed by atoms with van der Waals surface area (Å²) < 4.78 is 5.46. The summed E-state index contributed by atoms with van der Waals surface area (Å²) in [5.74, 6) is 0.782. The maximum Gasteiger partial charge on any atom is 0.230 e. The second-order valence-corrected chi connectivity index (χ2v) is 8.43. The van der Waals surface area contributed by atoms with Crippen molar-refractivity contribution < 1.29 is 14.3 Å². The van der Waals surface area contributed by atoms with Crippen LogP contribution in [0.25, 0.3) is 0 Å². The molecule has 1 aromatic heterocycles. The van der Waals surface area contributed by atoms with E-state index in [0.29, 0.717) is 30.3 Å². The first-order chi connectivity index (χ1) is 15.6. The molecule has 0 spiro atoms. The Morgan fingerprint density at radius 2 is 1.72 bits per heavy atom. The molecule has 2 amide bonds. The van der Waals surface area contributed by atoms with Gasteiger partial charge in [-0.15, -0.1) is 11.3 Å². The van der Waals surface area contributed by atoms with Crippen molar-refractivity contribution in [2.45, 2.75) is 12.8 Å². The monoisotopic (exact) mass is 450 g/mol. The summed E-state index contributed by atoms with van der Waals surface area (Å²) in [5, 5.41) is 5.18. The zero-order chi connectivity index (χ0) is 22.3. The maximum atomic E-state index is 12.8. The van der Waals surface area contributed by atoms with E-state index in [1.165, 1.54) is 11.3 Å². The Kier molecular flexibility index (Phi) is 7.01. The lowest BCUT2D eigenvalue weighted by molar-refractivity contribution is -0.130. The van der Waals surface area contributed by atoms with Gasteiger partial charge in [0, 0.05) is 31.6 Å². The lowest BCUT2D eigenvalue weighted by Crippen LogP contribution is -2.49. The molecule has 7 nitrogen and oxygen atoms in total. The average Bonchev–Trinajstić information content (AvgIpc) is 3.26. The van der Waals surface area contributed by atoms with E-state index in [0.717, 1.165) is 30.1 Å². The van der Waals surface area contributed by atoms with E-state index in [-0.39, 0.29) is 18.2 Å². The van der Waals surface area contributed by atoms with Crippen LogP contribution in [0.5, 0.6) is 5.75 Å². The molecule has 0 aliphatic carbocycles. The fraction of sp³-hybridized carbons (Fsp3) is 0.292. The quantitative estimate of drug-likeness (QED) is 0.598. The van der Waals surface area contributed by atoms with Crippen molar-refractivity contribution in [2.24, 2.45) is 0 Å². The van der Waals surface area contributed by atoms with Crippen LogP contribution in [0.3, 0.4) is 0 Å². The minimum atomic E-state index is -0.115. The Balaban J connectivity index is 1.27. The molecular weight excluding hydrogens is 424 g/mol. The second-order valence-electron chi connectivity index (χ2n) is 7.57. The number of thiazole rings is 1. The van der Waals surface area contributed by atoms with Crippen LogP contribution in [-0.2, 0) is 22.4 Å². The van der Waals surface area contributed by atoms with Gasteiger partial charge in [0.25, 0.3) is 0 Å². The third kappa shape index (κ3) is 5.45. The first-order valence-electron chi connectivity index (χ1n) is 10.6. The number of aromatic nitrogens is 1. The molecule has 0 unspecified atom stereocenters. The highest BCUT2D eigenvalue weighted by molar-refractivity contribution is 7.13. The fourth-order valence-electron chi connectivity index (χ4n) is 3.74. The Labute approximate surface area is 191 Å². The number of carbonyl (C=O) groups is 2. The smallest absolute Gasteiger partial charge is 0.230 e. The molecule has 1 fully saturated rings. The predicted molar refractivity (Wildman–Crippen MR) is 126 cm³/mol. The standard InChI is InChI=1S/C24H26N4O3S/c1-31-21-10-6-5-9-20(21)27-11-13-28(14-12-27)23(30)16-19-17-32-24(25-19)26-22(29)15-18-7-3-2-4-8-18/h2-10,17H,11-16H2,1H3,(H,25,26,29). The number of piperazine rings is 1. The molecule has 2 heterocycles. The predicted octanol–water partition coefficient (Wildman–Crippen LogP) is 3.22. The number of para-hydroxylation sites is 2. The summed E-state index contributed by atoms with van der Waals surface area (Å²) in [6.45, 7) is 2.82. The van der Waals surface area contributed by atoms with Crippen LogP contribution >= 0.6 is 11.3 Å². The Morgan fingerprint density at radius 1 is 1.00 bits per heavy atom. The highest BCUT2D eigenvalue weighted by atomic mass is 32.1. The molecule has 0 bridgehead atoms. The van der Waals surface area contributed by atoms with E-state index >= 15 is 0 Å². The molecule has 1 saturated heterocycles. The van der Waals surface area contributed by atoms with Crippen molar-refractivity contribution in [2.75, 3.05) is 43.5 Å². The van der Waals surface area contributed by atoms with Gasteiger partial charge in [-0.1, -0.05) is 42.5 Å². The second kappa shape index (κ2) is 10.3. The number of nitrogens with one attached hydrogen (secondary N) is 1. The number of rotatable bonds is 7. The maximum absolute atomic E-state index is 12.8. The van der Waals surface area contributed by atoms with Crippen molar-refractivity contribution >= 4 is 34.0 Å². The highest BCUT2D eigenvalue weighted by Gasteiger charge is 2.23. The van der Waals surface area contributed by atoms with E-state index in [4.69, 9.17) is 4.74 Å². The molecule has 0 saturated carbocycles. The third-order valence-corrected chi connectivity index (χ3v) is 6.20. The van der Waals surface area contributed by atoms with Crippen LogP contribution < -0.4 is 15.0 Å². The van der Waals surface area contributed by atoms with Crippen LogP contribution in [0.1, 0.15) is 11.3 Å². The zero-order valence-electron chi connectivity index (χ0n) is 18.0. The van der Waals surface area contributed by atoms with Gasteiger partial charge in [-0.05, 0) is 17.7 Å². The van der Waals surface area contributed by atoms with Crippen molar-refractivity contribution in [1.29, 1.82) is 0 Å². The van der Waals surface area contributed by atoms with Gasteiger partial charge in [0.1, 0.15) is 5.75 Å². The Bertz CT molecular complexity index is 1060. The minimum absolute atomic E-state index is 0.0529. The lowest BCUT2D eigenvalue weighted by atomic mass is 10.1. The average molecular weight is 451 g/mol. The van der Waals surface area contributed by atoms with E-state index in [2.05, 4.69) is 15.2 Å². The molecular formula is C24H26N4O3S. The number of ether oxygens (including phenoxy) is 1. The van der Waals surface area contributed by atoms with Crippen molar-refractivity contribution in [3.63, 3.8) is 0 Å². The topological polar surface area (TPSA) is 74.8 Å². The largest absolute Gasteiger partial charge is 0.495 e. The Morgan fingerprint density at radius 3 is 2.47 bits per heavy atom. The molecule has 0 radical (unpaired) electrons. The summed E-state index contributed by atoms with van der Waals surface area (Å²) in [7, 11) is 1.67. The number of hydrogen-bond donors (Lipinski definition) is 1. The van der Waals surface area contributed by atoms with Crippen LogP contribution in [0, 0.1) is 0 Å². The molecule has 2 aromatic carbocycles. The normalized spacial score (nSPS) is 13.7. The van der Waals surface area contributed by atoms with Gasteiger partial charge >= 0.3 is 0 Å². The third-order valence-electron chi connectivity index (χ3n) is 5.40. The molecule has 1 aliphatic heterocycles.